The normalized spacial score (nSPS) is 12.3. The quantitative estimate of drug-likeness (QED) is 0.778. The first-order chi connectivity index (χ1) is 10.2. The van der Waals surface area contributed by atoms with E-state index in [4.69, 9.17) is 4.74 Å². The SMILES string of the molecule is COCC(Br)CCNC(=O)Cc1cccc2ccccc12. The van der Waals surface area contributed by atoms with E-state index in [0.717, 1.165) is 17.4 Å². The highest BCUT2D eigenvalue weighted by Gasteiger charge is 2.08. The number of carbonyl (C=O) groups is 1. The van der Waals surface area contributed by atoms with Crippen molar-refractivity contribution in [1.29, 1.82) is 0 Å². The van der Waals surface area contributed by atoms with E-state index in [1.54, 1.807) is 7.11 Å². The fourth-order valence-electron chi connectivity index (χ4n) is 2.31. The average Bonchev–Trinajstić information content (AvgIpc) is 2.48. The number of hydrogen-bond acceptors (Lipinski definition) is 2. The van der Waals surface area contributed by atoms with E-state index < -0.39 is 0 Å². The first kappa shape index (κ1) is 16.0. The van der Waals surface area contributed by atoms with E-state index in [1.807, 2.05) is 24.3 Å². The molecule has 0 spiro atoms. The maximum absolute atomic E-state index is 12.0. The molecule has 0 aliphatic rings. The van der Waals surface area contributed by atoms with Crippen LogP contribution in [0.5, 0.6) is 0 Å². The Labute approximate surface area is 133 Å². The monoisotopic (exact) mass is 349 g/mol. The predicted molar refractivity (Wildman–Crippen MR) is 89.9 cm³/mol. The first-order valence-electron chi connectivity index (χ1n) is 7.07. The van der Waals surface area contributed by atoms with Crippen molar-refractivity contribution in [3.8, 4) is 0 Å². The lowest BCUT2D eigenvalue weighted by Crippen LogP contribution is -2.28. The van der Waals surface area contributed by atoms with Gasteiger partial charge in [0.15, 0.2) is 0 Å². The van der Waals surface area contributed by atoms with Gasteiger partial charge in [-0.1, -0.05) is 58.4 Å². The number of alkyl halides is 1. The fraction of sp³-hybridized carbons (Fsp3) is 0.353. The molecule has 0 aromatic heterocycles. The number of halogens is 1. The molecule has 2 rings (SSSR count). The number of hydrogen-bond donors (Lipinski definition) is 1. The molecule has 3 nitrogen and oxygen atoms in total. The average molecular weight is 350 g/mol. The van der Waals surface area contributed by atoms with Crippen molar-refractivity contribution in [2.75, 3.05) is 20.3 Å². The summed E-state index contributed by atoms with van der Waals surface area (Å²) in [5.41, 5.74) is 1.07. The number of fused-ring (bicyclic) bond motifs is 1. The zero-order chi connectivity index (χ0) is 15.1. The second-order valence-electron chi connectivity index (χ2n) is 5.01. The molecule has 0 aliphatic carbocycles. The Morgan fingerprint density at radius 2 is 2.00 bits per heavy atom. The molecule has 1 amide bonds. The number of amides is 1. The summed E-state index contributed by atoms with van der Waals surface area (Å²) in [6, 6.07) is 14.2. The molecule has 0 aliphatic heterocycles. The van der Waals surface area contributed by atoms with E-state index in [-0.39, 0.29) is 10.7 Å². The van der Waals surface area contributed by atoms with Gasteiger partial charge in [0.2, 0.25) is 5.91 Å². The summed E-state index contributed by atoms with van der Waals surface area (Å²) in [7, 11) is 1.67. The number of carbonyl (C=O) groups excluding carboxylic acids is 1. The van der Waals surface area contributed by atoms with Crippen molar-refractivity contribution in [1.82, 2.24) is 5.32 Å². The van der Waals surface area contributed by atoms with Crippen LogP contribution in [0, 0.1) is 0 Å². The Morgan fingerprint density at radius 1 is 1.24 bits per heavy atom. The zero-order valence-electron chi connectivity index (χ0n) is 12.1. The number of methoxy groups -OCH3 is 1. The maximum atomic E-state index is 12.0. The lowest BCUT2D eigenvalue weighted by molar-refractivity contribution is -0.120. The van der Waals surface area contributed by atoms with Crippen LogP contribution in [0.1, 0.15) is 12.0 Å². The Balaban J connectivity index is 1.90. The highest BCUT2D eigenvalue weighted by Crippen LogP contribution is 2.18. The molecule has 0 radical (unpaired) electrons. The molecular weight excluding hydrogens is 330 g/mol. The van der Waals surface area contributed by atoms with E-state index in [0.29, 0.717) is 19.6 Å². The second-order valence-corrected chi connectivity index (χ2v) is 6.30. The molecule has 21 heavy (non-hydrogen) atoms. The van der Waals surface area contributed by atoms with Crippen LogP contribution in [0.25, 0.3) is 10.8 Å². The van der Waals surface area contributed by atoms with E-state index >= 15 is 0 Å². The minimum Gasteiger partial charge on any atom is -0.384 e. The molecule has 0 bridgehead atoms. The fourth-order valence-corrected chi connectivity index (χ4v) is 2.81. The van der Waals surface area contributed by atoms with Gasteiger partial charge in [0.05, 0.1) is 13.0 Å². The van der Waals surface area contributed by atoms with Crippen molar-refractivity contribution in [3.63, 3.8) is 0 Å². The van der Waals surface area contributed by atoms with Crippen LogP contribution in [0.15, 0.2) is 42.5 Å². The van der Waals surface area contributed by atoms with Crippen LogP contribution in [0.4, 0.5) is 0 Å². The van der Waals surface area contributed by atoms with Gasteiger partial charge in [-0.25, -0.2) is 0 Å². The van der Waals surface area contributed by atoms with Gasteiger partial charge in [0.25, 0.3) is 0 Å². The first-order valence-corrected chi connectivity index (χ1v) is 7.98. The van der Waals surface area contributed by atoms with Gasteiger partial charge in [0.1, 0.15) is 0 Å². The van der Waals surface area contributed by atoms with Crippen LogP contribution < -0.4 is 5.32 Å². The third kappa shape index (κ3) is 4.83. The molecule has 0 saturated carbocycles. The third-order valence-electron chi connectivity index (χ3n) is 3.36. The van der Waals surface area contributed by atoms with Gasteiger partial charge in [-0.2, -0.15) is 0 Å². The summed E-state index contributed by atoms with van der Waals surface area (Å²) in [6.07, 6.45) is 1.27. The van der Waals surface area contributed by atoms with Crippen LogP contribution in [-0.4, -0.2) is 31.0 Å². The van der Waals surface area contributed by atoms with Gasteiger partial charge >= 0.3 is 0 Å². The van der Waals surface area contributed by atoms with Crippen LogP contribution >= 0.6 is 15.9 Å². The summed E-state index contributed by atoms with van der Waals surface area (Å²) in [6.45, 7) is 1.31. The van der Waals surface area contributed by atoms with Crippen LogP contribution in [0.3, 0.4) is 0 Å². The van der Waals surface area contributed by atoms with Gasteiger partial charge in [0, 0.05) is 18.5 Å². The Kier molecular flexibility index (Phi) is 6.21. The topological polar surface area (TPSA) is 38.3 Å². The van der Waals surface area contributed by atoms with Crippen molar-refractivity contribution >= 4 is 32.6 Å². The predicted octanol–water partition coefficient (Wildman–Crippen LogP) is 3.30. The van der Waals surface area contributed by atoms with E-state index in [1.165, 1.54) is 5.39 Å². The number of nitrogens with one attached hydrogen (secondary N) is 1. The van der Waals surface area contributed by atoms with Crippen molar-refractivity contribution in [2.24, 2.45) is 0 Å². The summed E-state index contributed by atoms with van der Waals surface area (Å²) >= 11 is 3.51. The summed E-state index contributed by atoms with van der Waals surface area (Å²) in [5.74, 6) is 0.0588. The molecule has 0 heterocycles. The highest BCUT2D eigenvalue weighted by molar-refractivity contribution is 9.09. The number of ether oxygens (including phenoxy) is 1. The Hall–Kier alpha value is -1.39. The smallest absolute Gasteiger partial charge is 0.224 e. The molecule has 1 atom stereocenters. The maximum Gasteiger partial charge on any atom is 0.224 e. The van der Waals surface area contributed by atoms with Gasteiger partial charge < -0.3 is 10.1 Å². The summed E-state index contributed by atoms with van der Waals surface area (Å²) in [5, 5.41) is 5.28. The lowest BCUT2D eigenvalue weighted by Gasteiger charge is -2.10. The minimum absolute atomic E-state index is 0.0588. The summed E-state index contributed by atoms with van der Waals surface area (Å²) in [4.78, 5) is 12.3. The minimum atomic E-state index is 0.0588. The number of benzene rings is 2. The van der Waals surface area contributed by atoms with Crippen molar-refractivity contribution in [3.05, 3.63) is 48.0 Å². The van der Waals surface area contributed by atoms with Gasteiger partial charge in [-0.15, -0.1) is 0 Å². The van der Waals surface area contributed by atoms with Crippen LogP contribution in [0.2, 0.25) is 0 Å². The summed E-state index contributed by atoms with van der Waals surface area (Å²) < 4.78 is 5.05. The zero-order valence-corrected chi connectivity index (χ0v) is 13.7. The molecule has 1 unspecified atom stereocenters. The Morgan fingerprint density at radius 3 is 2.81 bits per heavy atom. The molecule has 1 N–H and O–H groups in total. The van der Waals surface area contributed by atoms with E-state index in [2.05, 4.69) is 39.4 Å². The second kappa shape index (κ2) is 8.15. The van der Waals surface area contributed by atoms with E-state index in [9.17, 15) is 4.79 Å². The molecule has 0 fully saturated rings. The van der Waals surface area contributed by atoms with Crippen LogP contribution in [-0.2, 0) is 16.0 Å². The molecule has 2 aromatic carbocycles. The largest absolute Gasteiger partial charge is 0.384 e. The highest BCUT2D eigenvalue weighted by atomic mass is 79.9. The van der Waals surface area contributed by atoms with Crippen molar-refractivity contribution in [2.45, 2.75) is 17.7 Å². The molecule has 4 heteroatoms. The molecule has 0 saturated heterocycles. The lowest BCUT2D eigenvalue weighted by atomic mass is 10.0. The molecule has 2 aromatic rings. The molecular formula is C17H20BrNO2. The molecule has 112 valence electrons. The third-order valence-corrected chi connectivity index (χ3v) is 4.08. The van der Waals surface area contributed by atoms with Gasteiger partial charge in [-0.3, -0.25) is 4.79 Å². The standard InChI is InChI=1S/C17H20BrNO2/c1-21-12-15(18)9-10-19-17(20)11-14-7-4-6-13-5-2-3-8-16(13)14/h2-8,15H,9-12H2,1H3,(H,19,20). The Bertz CT molecular complexity index is 595. The van der Waals surface area contributed by atoms with Crippen molar-refractivity contribution < 1.29 is 9.53 Å². The number of rotatable bonds is 7. The van der Waals surface area contributed by atoms with Gasteiger partial charge in [-0.05, 0) is 22.8 Å².